The number of carbonyl (C=O) groups excluding carboxylic acids is 1. The van der Waals surface area contributed by atoms with Crippen LogP contribution >= 0.6 is 0 Å². The van der Waals surface area contributed by atoms with E-state index in [0.717, 1.165) is 25.7 Å². The lowest BCUT2D eigenvalue weighted by atomic mass is 10.0. The molecular weight excluding hydrogens is 332 g/mol. The van der Waals surface area contributed by atoms with Crippen LogP contribution in [0.4, 0.5) is 0 Å². The molecule has 0 saturated heterocycles. The van der Waals surface area contributed by atoms with Crippen molar-refractivity contribution in [2.75, 3.05) is 6.61 Å². The highest BCUT2D eigenvalue weighted by Crippen LogP contribution is 2.14. The Hall–Kier alpha value is -0.790. The van der Waals surface area contributed by atoms with Gasteiger partial charge in [-0.3, -0.25) is 0 Å². The first-order chi connectivity index (χ1) is 13.2. The van der Waals surface area contributed by atoms with Crippen molar-refractivity contribution in [3.8, 4) is 0 Å². The second kappa shape index (κ2) is 21.5. The highest BCUT2D eigenvalue weighted by Gasteiger charge is 2.07. The Bertz CT molecular complexity index is 335. The van der Waals surface area contributed by atoms with Crippen LogP contribution in [0.3, 0.4) is 0 Å². The summed E-state index contributed by atoms with van der Waals surface area (Å²) in [6, 6.07) is 0. The van der Waals surface area contributed by atoms with E-state index in [1.165, 1.54) is 96.3 Å². The van der Waals surface area contributed by atoms with Gasteiger partial charge in [0.1, 0.15) is 0 Å². The molecule has 2 nitrogen and oxygen atoms in total. The molecule has 2 heteroatoms. The maximum absolute atomic E-state index is 11.7. The molecule has 0 bridgehead atoms. The molecule has 0 saturated carbocycles. The van der Waals surface area contributed by atoms with E-state index in [-0.39, 0.29) is 5.97 Å². The van der Waals surface area contributed by atoms with E-state index in [0.29, 0.717) is 12.2 Å². The van der Waals surface area contributed by atoms with E-state index >= 15 is 0 Å². The van der Waals surface area contributed by atoms with Crippen LogP contribution in [0.25, 0.3) is 0 Å². The molecule has 0 spiro atoms. The van der Waals surface area contributed by atoms with E-state index in [2.05, 4.69) is 20.4 Å². The Morgan fingerprint density at radius 1 is 0.593 bits per heavy atom. The smallest absolute Gasteiger partial charge is 0.333 e. The number of unbranched alkanes of at least 4 members (excludes halogenated alkanes) is 16. The van der Waals surface area contributed by atoms with Gasteiger partial charge in [0.15, 0.2) is 0 Å². The maximum Gasteiger partial charge on any atom is 0.333 e. The van der Waals surface area contributed by atoms with Gasteiger partial charge in [-0.05, 0) is 19.3 Å². The summed E-state index contributed by atoms with van der Waals surface area (Å²) in [4.78, 5) is 11.7. The molecular formula is C25H48O2. The number of ether oxygens (including phenoxy) is 1. The molecule has 0 heterocycles. The van der Waals surface area contributed by atoms with Gasteiger partial charge in [-0.1, -0.05) is 123 Å². The van der Waals surface area contributed by atoms with Crippen LogP contribution in [0, 0.1) is 0 Å². The second-order valence-electron chi connectivity index (χ2n) is 8.15. The fourth-order valence-electron chi connectivity index (χ4n) is 3.41. The minimum atomic E-state index is -0.190. The van der Waals surface area contributed by atoms with Gasteiger partial charge in [-0.25, -0.2) is 4.79 Å². The third kappa shape index (κ3) is 19.8. The minimum Gasteiger partial charge on any atom is -0.462 e. The average Bonchev–Trinajstić information content (AvgIpc) is 2.68. The van der Waals surface area contributed by atoms with Crippen LogP contribution in [0.1, 0.15) is 136 Å². The largest absolute Gasteiger partial charge is 0.462 e. The van der Waals surface area contributed by atoms with Crippen LogP contribution in [-0.4, -0.2) is 12.6 Å². The zero-order valence-electron chi connectivity index (χ0n) is 18.7. The van der Waals surface area contributed by atoms with Crippen molar-refractivity contribution in [1.82, 2.24) is 0 Å². The standard InChI is InChI=1S/C25H48O2/c1-4-6-8-9-10-11-12-13-14-15-16-17-18-19-20-21-23-27-25(26)24(3)22-7-5-2/h3-23H2,1-2H3. The lowest BCUT2D eigenvalue weighted by Gasteiger charge is -2.07. The first-order valence-corrected chi connectivity index (χ1v) is 12.1. The molecule has 0 atom stereocenters. The van der Waals surface area contributed by atoms with Crippen LogP contribution < -0.4 is 0 Å². The first kappa shape index (κ1) is 26.2. The van der Waals surface area contributed by atoms with Crippen LogP contribution in [0.5, 0.6) is 0 Å². The number of esters is 1. The van der Waals surface area contributed by atoms with Crippen molar-refractivity contribution >= 4 is 5.97 Å². The fraction of sp³-hybridized carbons (Fsp3) is 0.880. The number of carbonyl (C=O) groups is 1. The van der Waals surface area contributed by atoms with Gasteiger partial charge in [0.25, 0.3) is 0 Å². The Morgan fingerprint density at radius 3 is 1.37 bits per heavy atom. The lowest BCUT2D eigenvalue weighted by molar-refractivity contribution is -0.139. The van der Waals surface area contributed by atoms with Crippen LogP contribution in [0.2, 0.25) is 0 Å². The quantitative estimate of drug-likeness (QED) is 0.113. The molecule has 0 rings (SSSR count). The van der Waals surface area contributed by atoms with Gasteiger partial charge >= 0.3 is 5.97 Å². The SMILES string of the molecule is C=C(CCCC)C(=O)OCCCCCCCCCCCCCCCCCC. The summed E-state index contributed by atoms with van der Waals surface area (Å²) >= 11 is 0. The molecule has 0 N–H and O–H groups in total. The lowest BCUT2D eigenvalue weighted by Crippen LogP contribution is -2.08. The third-order valence-electron chi connectivity index (χ3n) is 5.35. The van der Waals surface area contributed by atoms with Gasteiger partial charge in [-0.15, -0.1) is 0 Å². The molecule has 0 aromatic heterocycles. The Labute approximate surface area is 170 Å². The minimum absolute atomic E-state index is 0.190. The first-order valence-electron chi connectivity index (χ1n) is 12.1. The van der Waals surface area contributed by atoms with Gasteiger partial charge in [0.05, 0.1) is 6.61 Å². The van der Waals surface area contributed by atoms with Gasteiger partial charge < -0.3 is 4.74 Å². The molecule has 0 fully saturated rings. The second-order valence-corrected chi connectivity index (χ2v) is 8.15. The molecule has 27 heavy (non-hydrogen) atoms. The molecule has 0 aliphatic rings. The van der Waals surface area contributed by atoms with Crippen molar-refractivity contribution < 1.29 is 9.53 Å². The van der Waals surface area contributed by atoms with Crippen LogP contribution in [-0.2, 0) is 9.53 Å². The average molecular weight is 381 g/mol. The molecule has 0 unspecified atom stereocenters. The monoisotopic (exact) mass is 380 g/mol. The summed E-state index contributed by atoms with van der Waals surface area (Å²) in [5.74, 6) is -0.190. The predicted molar refractivity (Wildman–Crippen MR) is 119 cm³/mol. The summed E-state index contributed by atoms with van der Waals surface area (Å²) in [5, 5.41) is 0. The third-order valence-corrected chi connectivity index (χ3v) is 5.35. The van der Waals surface area contributed by atoms with E-state index in [9.17, 15) is 4.79 Å². The van der Waals surface area contributed by atoms with Gasteiger partial charge in [0, 0.05) is 5.57 Å². The number of hydrogen-bond donors (Lipinski definition) is 0. The van der Waals surface area contributed by atoms with E-state index < -0.39 is 0 Å². The molecule has 0 aliphatic carbocycles. The van der Waals surface area contributed by atoms with Crippen molar-refractivity contribution in [2.45, 2.75) is 136 Å². The Morgan fingerprint density at radius 2 is 0.963 bits per heavy atom. The molecule has 0 radical (unpaired) electrons. The highest BCUT2D eigenvalue weighted by atomic mass is 16.5. The Balaban J connectivity index is 3.16. The highest BCUT2D eigenvalue weighted by molar-refractivity contribution is 5.87. The van der Waals surface area contributed by atoms with E-state index in [1.54, 1.807) is 0 Å². The van der Waals surface area contributed by atoms with Gasteiger partial charge in [-0.2, -0.15) is 0 Å². The zero-order valence-corrected chi connectivity index (χ0v) is 18.7. The molecule has 0 aromatic carbocycles. The fourth-order valence-corrected chi connectivity index (χ4v) is 3.41. The maximum atomic E-state index is 11.7. The van der Waals surface area contributed by atoms with Crippen molar-refractivity contribution in [1.29, 1.82) is 0 Å². The summed E-state index contributed by atoms with van der Waals surface area (Å²) < 4.78 is 5.28. The van der Waals surface area contributed by atoms with Crippen molar-refractivity contribution in [2.24, 2.45) is 0 Å². The number of rotatable bonds is 21. The summed E-state index contributed by atoms with van der Waals surface area (Å²) in [6.45, 7) is 8.77. The van der Waals surface area contributed by atoms with E-state index in [4.69, 9.17) is 4.74 Å². The normalized spacial score (nSPS) is 10.9. The summed E-state index contributed by atoms with van der Waals surface area (Å²) in [7, 11) is 0. The van der Waals surface area contributed by atoms with E-state index in [1.807, 2.05) is 0 Å². The molecule has 0 amide bonds. The van der Waals surface area contributed by atoms with Crippen molar-refractivity contribution in [3.63, 3.8) is 0 Å². The topological polar surface area (TPSA) is 26.3 Å². The van der Waals surface area contributed by atoms with Crippen molar-refractivity contribution in [3.05, 3.63) is 12.2 Å². The molecule has 0 aliphatic heterocycles. The summed E-state index contributed by atoms with van der Waals surface area (Å²) in [6.07, 6.45) is 24.6. The molecule has 0 aromatic rings. The van der Waals surface area contributed by atoms with Crippen LogP contribution in [0.15, 0.2) is 12.2 Å². The predicted octanol–water partition coefficient (Wildman–Crippen LogP) is 8.54. The van der Waals surface area contributed by atoms with Gasteiger partial charge in [0.2, 0.25) is 0 Å². The number of hydrogen-bond acceptors (Lipinski definition) is 2. The molecule has 160 valence electrons. The summed E-state index contributed by atoms with van der Waals surface area (Å²) in [5.41, 5.74) is 0.633. The zero-order chi connectivity index (χ0) is 20.0. The Kier molecular flexibility index (Phi) is 20.9.